The lowest BCUT2D eigenvalue weighted by atomic mass is 9.95. The smallest absolute Gasteiger partial charge is 0.150 e. The molecule has 0 saturated carbocycles. The molecule has 1 aromatic carbocycles. The number of hydrogen-bond acceptors (Lipinski definition) is 2. The first kappa shape index (κ1) is 12.5. The maximum absolute atomic E-state index is 10.9. The third kappa shape index (κ3) is 2.51. The Morgan fingerprint density at radius 1 is 1.44 bits per heavy atom. The maximum atomic E-state index is 10.9. The highest BCUT2D eigenvalue weighted by molar-refractivity contribution is 5.76. The fraction of sp³-hybridized carbons (Fsp3) is 0.357. The third-order valence-electron chi connectivity index (χ3n) is 2.54. The molecule has 0 amide bonds. The number of rotatable bonds is 5. The van der Waals surface area contributed by atoms with Crippen molar-refractivity contribution < 1.29 is 9.53 Å². The minimum Gasteiger partial charge on any atom is -0.496 e. The monoisotopic (exact) mass is 218 g/mol. The summed E-state index contributed by atoms with van der Waals surface area (Å²) in [6, 6.07) is 3.75. The molecule has 0 fully saturated rings. The summed E-state index contributed by atoms with van der Waals surface area (Å²) in [5, 5.41) is 0. The molecule has 0 radical (unpaired) electrons. The van der Waals surface area contributed by atoms with Gasteiger partial charge < -0.3 is 4.74 Å². The Bertz CT molecular complexity index is 392. The first-order valence-corrected chi connectivity index (χ1v) is 5.40. The fourth-order valence-electron chi connectivity index (χ4n) is 1.79. The lowest BCUT2D eigenvalue weighted by molar-refractivity contribution is 0.112. The number of ether oxygens (including phenoxy) is 1. The van der Waals surface area contributed by atoms with Gasteiger partial charge in [0.25, 0.3) is 0 Å². The highest BCUT2D eigenvalue weighted by Crippen LogP contribution is 2.31. The average molecular weight is 218 g/mol. The van der Waals surface area contributed by atoms with E-state index in [2.05, 4.69) is 20.4 Å². The fourth-order valence-corrected chi connectivity index (χ4v) is 1.79. The van der Waals surface area contributed by atoms with Crippen molar-refractivity contribution in [3.05, 3.63) is 41.5 Å². The molecule has 1 aromatic rings. The summed E-state index contributed by atoms with van der Waals surface area (Å²) in [4.78, 5) is 10.9. The number of hydrogen-bond donors (Lipinski definition) is 0. The van der Waals surface area contributed by atoms with E-state index in [-0.39, 0.29) is 0 Å². The predicted molar refractivity (Wildman–Crippen MR) is 66.4 cm³/mol. The summed E-state index contributed by atoms with van der Waals surface area (Å²) in [6.07, 6.45) is 3.40. The molecular formula is C14H18O2. The summed E-state index contributed by atoms with van der Waals surface area (Å²) >= 11 is 0. The van der Waals surface area contributed by atoms with E-state index >= 15 is 0 Å². The molecule has 0 N–H and O–H groups in total. The van der Waals surface area contributed by atoms with Crippen molar-refractivity contribution in [1.29, 1.82) is 0 Å². The van der Waals surface area contributed by atoms with E-state index in [0.717, 1.165) is 23.2 Å². The standard InChI is InChI=1S/C14H18O2/c1-5-6-12-7-11(9-15)8-13(10(2)3)14(12)16-4/h5,7-10H,1,6H2,2-4H3. The van der Waals surface area contributed by atoms with Crippen molar-refractivity contribution in [2.45, 2.75) is 26.2 Å². The van der Waals surface area contributed by atoms with Crippen molar-refractivity contribution in [2.24, 2.45) is 0 Å². The number of carbonyl (C=O) groups excluding carboxylic acids is 1. The van der Waals surface area contributed by atoms with Crippen molar-refractivity contribution in [3.8, 4) is 5.75 Å². The van der Waals surface area contributed by atoms with Gasteiger partial charge in [-0.3, -0.25) is 4.79 Å². The SMILES string of the molecule is C=CCc1cc(C=O)cc(C(C)C)c1OC. The zero-order valence-corrected chi connectivity index (χ0v) is 10.1. The Labute approximate surface area is 96.9 Å². The van der Waals surface area contributed by atoms with Crippen LogP contribution in [-0.2, 0) is 6.42 Å². The molecule has 0 heterocycles. The van der Waals surface area contributed by atoms with Gasteiger partial charge in [0.2, 0.25) is 0 Å². The number of aldehydes is 1. The average Bonchev–Trinajstić information content (AvgIpc) is 2.28. The molecule has 0 bridgehead atoms. The summed E-state index contributed by atoms with van der Waals surface area (Å²) in [7, 11) is 1.66. The van der Waals surface area contributed by atoms with Crippen LogP contribution in [0.3, 0.4) is 0 Å². The zero-order chi connectivity index (χ0) is 12.1. The predicted octanol–water partition coefficient (Wildman–Crippen LogP) is 3.36. The topological polar surface area (TPSA) is 26.3 Å². The molecule has 0 saturated heterocycles. The van der Waals surface area contributed by atoms with Gasteiger partial charge in [0.15, 0.2) is 0 Å². The Morgan fingerprint density at radius 2 is 2.12 bits per heavy atom. The molecule has 16 heavy (non-hydrogen) atoms. The van der Waals surface area contributed by atoms with Crippen LogP contribution in [0.5, 0.6) is 5.75 Å². The van der Waals surface area contributed by atoms with Crippen LogP contribution in [0.2, 0.25) is 0 Å². The van der Waals surface area contributed by atoms with E-state index in [9.17, 15) is 4.79 Å². The zero-order valence-electron chi connectivity index (χ0n) is 10.1. The molecule has 0 aromatic heterocycles. The van der Waals surface area contributed by atoms with E-state index in [0.29, 0.717) is 17.9 Å². The molecule has 0 spiro atoms. The third-order valence-corrected chi connectivity index (χ3v) is 2.54. The van der Waals surface area contributed by atoms with Gasteiger partial charge >= 0.3 is 0 Å². The second-order valence-electron chi connectivity index (χ2n) is 4.07. The van der Waals surface area contributed by atoms with Crippen molar-refractivity contribution >= 4 is 6.29 Å². The van der Waals surface area contributed by atoms with Gasteiger partial charge in [-0.1, -0.05) is 19.9 Å². The summed E-state index contributed by atoms with van der Waals surface area (Å²) in [5.41, 5.74) is 2.79. The van der Waals surface area contributed by atoms with E-state index in [1.165, 1.54) is 0 Å². The molecule has 0 aliphatic rings. The van der Waals surface area contributed by atoms with Gasteiger partial charge in [0.1, 0.15) is 12.0 Å². The molecule has 0 aliphatic carbocycles. The molecule has 0 atom stereocenters. The number of carbonyl (C=O) groups is 1. The first-order chi connectivity index (χ1) is 7.63. The quantitative estimate of drug-likeness (QED) is 0.559. The van der Waals surface area contributed by atoms with E-state index in [1.54, 1.807) is 7.11 Å². The van der Waals surface area contributed by atoms with Crippen LogP contribution in [-0.4, -0.2) is 13.4 Å². The minimum absolute atomic E-state index is 0.332. The Balaban J connectivity index is 3.39. The Kier molecular flexibility index (Phi) is 4.29. The van der Waals surface area contributed by atoms with Gasteiger partial charge in [-0.15, -0.1) is 6.58 Å². The summed E-state index contributed by atoms with van der Waals surface area (Å²) in [6.45, 7) is 7.89. The van der Waals surface area contributed by atoms with Gasteiger partial charge in [-0.25, -0.2) is 0 Å². The highest BCUT2D eigenvalue weighted by atomic mass is 16.5. The second kappa shape index (κ2) is 5.50. The lowest BCUT2D eigenvalue weighted by Crippen LogP contribution is -2.01. The van der Waals surface area contributed by atoms with E-state index in [4.69, 9.17) is 4.74 Å². The highest BCUT2D eigenvalue weighted by Gasteiger charge is 2.13. The van der Waals surface area contributed by atoms with Crippen LogP contribution >= 0.6 is 0 Å². The van der Waals surface area contributed by atoms with Gasteiger partial charge in [0, 0.05) is 5.56 Å². The molecule has 86 valence electrons. The molecule has 0 aliphatic heterocycles. The number of methoxy groups -OCH3 is 1. The van der Waals surface area contributed by atoms with Crippen LogP contribution < -0.4 is 4.74 Å². The van der Waals surface area contributed by atoms with Crippen LogP contribution in [0, 0.1) is 0 Å². The molecule has 2 nitrogen and oxygen atoms in total. The first-order valence-electron chi connectivity index (χ1n) is 5.40. The minimum atomic E-state index is 0.332. The largest absolute Gasteiger partial charge is 0.496 e. The number of allylic oxidation sites excluding steroid dienone is 1. The van der Waals surface area contributed by atoms with Crippen LogP contribution in [0.4, 0.5) is 0 Å². The Morgan fingerprint density at radius 3 is 2.56 bits per heavy atom. The van der Waals surface area contributed by atoms with E-state index < -0.39 is 0 Å². The van der Waals surface area contributed by atoms with Crippen LogP contribution in [0.25, 0.3) is 0 Å². The molecule has 2 heteroatoms. The lowest BCUT2D eigenvalue weighted by Gasteiger charge is -2.16. The molecule has 1 rings (SSSR count). The molecular weight excluding hydrogens is 200 g/mol. The van der Waals surface area contributed by atoms with Crippen molar-refractivity contribution in [1.82, 2.24) is 0 Å². The normalized spacial score (nSPS) is 10.2. The van der Waals surface area contributed by atoms with Crippen LogP contribution in [0.1, 0.15) is 41.3 Å². The van der Waals surface area contributed by atoms with Crippen molar-refractivity contribution in [3.63, 3.8) is 0 Å². The van der Waals surface area contributed by atoms with Gasteiger partial charge in [-0.05, 0) is 35.6 Å². The Hall–Kier alpha value is -1.57. The van der Waals surface area contributed by atoms with Crippen LogP contribution in [0.15, 0.2) is 24.8 Å². The summed E-state index contributed by atoms with van der Waals surface area (Å²) < 4.78 is 5.43. The van der Waals surface area contributed by atoms with Crippen molar-refractivity contribution in [2.75, 3.05) is 7.11 Å². The van der Waals surface area contributed by atoms with E-state index in [1.807, 2.05) is 18.2 Å². The maximum Gasteiger partial charge on any atom is 0.150 e. The van der Waals surface area contributed by atoms with Gasteiger partial charge in [0.05, 0.1) is 7.11 Å². The molecule has 0 unspecified atom stereocenters. The second-order valence-corrected chi connectivity index (χ2v) is 4.07. The number of benzene rings is 1. The summed E-state index contributed by atoms with van der Waals surface area (Å²) in [5.74, 6) is 1.21. The van der Waals surface area contributed by atoms with Gasteiger partial charge in [-0.2, -0.15) is 0 Å².